The molecule has 0 aromatic carbocycles. The van der Waals surface area contributed by atoms with Crippen molar-refractivity contribution in [3.05, 3.63) is 28.4 Å². The summed E-state index contributed by atoms with van der Waals surface area (Å²) in [6.07, 6.45) is 4.76. The van der Waals surface area contributed by atoms with Crippen LogP contribution in [0.1, 0.15) is 12.0 Å². The molecule has 6 heteroatoms. The lowest BCUT2D eigenvalue weighted by molar-refractivity contribution is 0.324. The summed E-state index contributed by atoms with van der Waals surface area (Å²) in [7, 11) is 3.95. The Morgan fingerprint density at radius 1 is 1.67 bits per heavy atom. The molecule has 0 bridgehead atoms. The van der Waals surface area contributed by atoms with Crippen molar-refractivity contribution in [3.63, 3.8) is 0 Å². The van der Waals surface area contributed by atoms with Gasteiger partial charge in [0.15, 0.2) is 0 Å². The smallest absolute Gasteiger partial charge is 0.0534 e. The number of nitrogens with zero attached hydrogens (tertiary/aromatic N) is 6. The van der Waals surface area contributed by atoms with Crippen molar-refractivity contribution in [2.45, 2.75) is 13.0 Å². The van der Waals surface area contributed by atoms with Gasteiger partial charge in [-0.1, -0.05) is 5.11 Å². The largest absolute Gasteiger partial charge is 0.302 e. The highest BCUT2D eigenvalue weighted by atomic mass is 15.2. The van der Waals surface area contributed by atoms with Crippen molar-refractivity contribution in [1.29, 1.82) is 0 Å². The summed E-state index contributed by atoms with van der Waals surface area (Å²) in [5.74, 6) is 0. The first kappa shape index (κ1) is 11.6. The molecule has 1 heterocycles. The first-order valence-corrected chi connectivity index (χ1v) is 4.89. The van der Waals surface area contributed by atoms with Crippen molar-refractivity contribution < 1.29 is 0 Å². The van der Waals surface area contributed by atoms with E-state index in [9.17, 15) is 0 Å². The number of hydrogen-bond acceptors (Lipinski definition) is 3. The van der Waals surface area contributed by atoms with Crippen LogP contribution in [0, 0.1) is 0 Å². The summed E-state index contributed by atoms with van der Waals surface area (Å²) in [6.45, 7) is 2.37. The Hall–Kier alpha value is -1.52. The molecule has 1 rings (SSSR count). The molecule has 0 saturated carbocycles. The van der Waals surface area contributed by atoms with Gasteiger partial charge in [-0.25, -0.2) is 0 Å². The van der Waals surface area contributed by atoms with Gasteiger partial charge < -0.3 is 4.90 Å². The highest BCUT2D eigenvalue weighted by molar-refractivity contribution is 5.02. The average molecular weight is 208 g/mol. The predicted octanol–water partition coefficient (Wildman–Crippen LogP) is 1.55. The van der Waals surface area contributed by atoms with Crippen molar-refractivity contribution >= 4 is 0 Å². The van der Waals surface area contributed by atoms with Crippen LogP contribution >= 0.6 is 0 Å². The molecule has 0 spiro atoms. The van der Waals surface area contributed by atoms with E-state index in [-0.39, 0.29) is 0 Å². The summed E-state index contributed by atoms with van der Waals surface area (Å²) in [6, 6.07) is 0. The first-order chi connectivity index (χ1) is 7.22. The van der Waals surface area contributed by atoms with Crippen molar-refractivity contribution in [2.24, 2.45) is 12.2 Å². The summed E-state index contributed by atoms with van der Waals surface area (Å²) in [5.41, 5.74) is 9.30. The second-order valence-electron chi connectivity index (χ2n) is 3.57. The first-order valence-electron chi connectivity index (χ1n) is 4.89. The van der Waals surface area contributed by atoms with E-state index in [1.807, 2.05) is 26.5 Å². The SMILES string of the molecule is CN(CCCN=[N+]=[N-])Cc1cnn(C)c1. The maximum Gasteiger partial charge on any atom is 0.0534 e. The standard InChI is InChI=1S/C9H16N6/c1-14(5-3-4-11-13-10)7-9-6-12-15(2)8-9/h6,8H,3-5,7H2,1-2H3. The minimum absolute atomic E-state index is 0.563. The minimum atomic E-state index is 0.563. The molecule has 6 nitrogen and oxygen atoms in total. The maximum atomic E-state index is 8.10. The van der Waals surface area contributed by atoms with Crippen LogP contribution in [0.15, 0.2) is 17.5 Å². The lowest BCUT2D eigenvalue weighted by Gasteiger charge is -2.14. The monoisotopic (exact) mass is 208 g/mol. The molecule has 0 aliphatic heterocycles. The van der Waals surface area contributed by atoms with Crippen LogP contribution in [0.4, 0.5) is 0 Å². The number of aryl methyl sites for hydroxylation is 1. The fraction of sp³-hybridized carbons (Fsp3) is 0.667. The normalized spacial score (nSPS) is 10.3. The van der Waals surface area contributed by atoms with Gasteiger partial charge in [-0.05, 0) is 25.5 Å². The van der Waals surface area contributed by atoms with E-state index in [0.717, 1.165) is 19.5 Å². The third kappa shape index (κ3) is 4.49. The second kappa shape index (κ2) is 6.06. The van der Waals surface area contributed by atoms with Crippen LogP contribution in [0.2, 0.25) is 0 Å². The van der Waals surface area contributed by atoms with Gasteiger partial charge in [-0.3, -0.25) is 4.68 Å². The fourth-order valence-electron chi connectivity index (χ4n) is 1.40. The van der Waals surface area contributed by atoms with Crippen LogP contribution in [-0.4, -0.2) is 34.8 Å². The van der Waals surface area contributed by atoms with E-state index in [2.05, 4.69) is 20.0 Å². The third-order valence-electron chi connectivity index (χ3n) is 2.07. The van der Waals surface area contributed by atoms with Crippen LogP contribution in [0.5, 0.6) is 0 Å². The predicted molar refractivity (Wildman–Crippen MR) is 58.2 cm³/mol. The van der Waals surface area contributed by atoms with E-state index in [1.54, 1.807) is 4.68 Å². The molecule has 1 aromatic heterocycles. The van der Waals surface area contributed by atoms with E-state index >= 15 is 0 Å². The van der Waals surface area contributed by atoms with Gasteiger partial charge in [-0.2, -0.15) is 5.10 Å². The molecule has 15 heavy (non-hydrogen) atoms. The van der Waals surface area contributed by atoms with Crippen LogP contribution in [-0.2, 0) is 13.6 Å². The molecule has 0 N–H and O–H groups in total. The summed E-state index contributed by atoms with van der Waals surface area (Å²) >= 11 is 0. The molecule has 0 aliphatic rings. The summed E-state index contributed by atoms with van der Waals surface area (Å²) < 4.78 is 1.79. The maximum absolute atomic E-state index is 8.10. The Bertz CT molecular complexity index is 338. The average Bonchev–Trinajstić information content (AvgIpc) is 2.59. The number of aromatic nitrogens is 2. The molecule has 0 radical (unpaired) electrons. The molecular weight excluding hydrogens is 192 g/mol. The summed E-state index contributed by atoms with van der Waals surface area (Å²) in [5, 5.41) is 7.60. The topological polar surface area (TPSA) is 69.8 Å². The molecule has 0 aliphatic carbocycles. The van der Waals surface area contributed by atoms with Gasteiger partial charge >= 0.3 is 0 Å². The van der Waals surface area contributed by atoms with Gasteiger partial charge in [0, 0.05) is 36.8 Å². The zero-order chi connectivity index (χ0) is 11.1. The molecule has 0 atom stereocenters. The minimum Gasteiger partial charge on any atom is -0.302 e. The molecule has 0 fully saturated rings. The molecule has 0 unspecified atom stereocenters. The number of hydrogen-bond donors (Lipinski definition) is 0. The van der Waals surface area contributed by atoms with E-state index in [1.165, 1.54) is 5.56 Å². The quantitative estimate of drug-likeness (QED) is 0.308. The molecule has 0 saturated heterocycles. The van der Waals surface area contributed by atoms with Crippen molar-refractivity contribution in [2.75, 3.05) is 20.1 Å². The van der Waals surface area contributed by atoms with Crippen LogP contribution in [0.25, 0.3) is 10.4 Å². The molecule has 82 valence electrons. The zero-order valence-corrected chi connectivity index (χ0v) is 9.17. The Balaban J connectivity index is 2.23. The second-order valence-corrected chi connectivity index (χ2v) is 3.57. The lowest BCUT2D eigenvalue weighted by atomic mass is 10.3. The number of azide groups is 1. The van der Waals surface area contributed by atoms with Gasteiger partial charge in [-0.15, -0.1) is 0 Å². The Morgan fingerprint density at radius 2 is 2.47 bits per heavy atom. The molecule has 1 aromatic rings. The number of rotatable bonds is 6. The van der Waals surface area contributed by atoms with E-state index in [0.29, 0.717) is 6.54 Å². The van der Waals surface area contributed by atoms with Crippen molar-refractivity contribution in [1.82, 2.24) is 14.7 Å². The summed E-state index contributed by atoms with van der Waals surface area (Å²) in [4.78, 5) is 4.90. The highest BCUT2D eigenvalue weighted by Gasteiger charge is 2.01. The van der Waals surface area contributed by atoms with Crippen LogP contribution in [0.3, 0.4) is 0 Å². The third-order valence-corrected chi connectivity index (χ3v) is 2.07. The fourth-order valence-corrected chi connectivity index (χ4v) is 1.40. The van der Waals surface area contributed by atoms with Gasteiger partial charge in [0.05, 0.1) is 6.20 Å². The van der Waals surface area contributed by atoms with Gasteiger partial charge in [0.2, 0.25) is 0 Å². The zero-order valence-electron chi connectivity index (χ0n) is 9.17. The Labute approximate surface area is 89.1 Å². The van der Waals surface area contributed by atoms with Crippen molar-refractivity contribution in [3.8, 4) is 0 Å². The van der Waals surface area contributed by atoms with E-state index < -0.39 is 0 Å². The lowest BCUT2D eigenvalue weighted by Crippen LogP contribution is -2.19. The highest BCUT2D eigenvalue weighted by Crippen LogP contribution is 2.01. The molecule has 0 amide bonds. The van der Waals surface area contributed by atoms with Gasteiger partial charge in [0.25, 0.3) is 0 Å². The Kier molecular flexibility index (Phi) is 4.66. The van der Waals surface area contributed by atoms with Crippen LogP contribution < -0.4 is 0 Å². The van der Waals surface area contributed by atoms with Gasteiger partial charge in [0.1, 0.15) is 0 Å². The molecular formula is C9H16N6. The van der Waals surface area contributed by atoms with E-state index in [4.69, 9.17) is 5.53 Å². The Morgan fingerprint density at radius 3 is 3.07 bits per heavy atom.